The van der Waals surface area contributed by atoms with Gasteiger partial charge in [0.15, 0.2) is 0 Å². The maximum atomic E-state index is 6.46. The molecule has 2 heteroatoms. The first-order chi connectivity index (χ1) is 10.8. The summed E-state index contributed by atoms with van der Waals surface area (Å²) in [6, 6.07) is 4.34. The number of nitrogen functional groups attached to an aromatic ring is 1. The van der Waals surface area contributed by atoms with Gasteiger partial charge >= 0.3 is 0 Å². The summed E-state index contributed by atoms with van der Waals surface area (Å²) in [6.45, 7) is 0. The Hall–Kier alpha value is -1.70. The first-order valence-electron chi connectivity index (χ1n) is 8.84. The second-order valence-corrected chi connectivity index (χ2v) is 7.16. The van der Waals surface area contributed by atoms with Crippen LogP contribution >= 0.6 is 0 Å². The van der Waals surface area contributed by atoms with Crippen LogP contribution in [-0.2, 0) is 12.8 Å². The van der Waals surface area contributed by atoms with Crippen molar-refractivity contribution in [3.05, 3.63) is 46.7 Å². The van der Waals surface area contributed by atoms with E-state index in [1.54, 1.807) is 0 Å². The molecule has 1 saturated carbocycles. The number of anilines is 1. The molecule has 2 atom stereocenters. The van der Waals surface area contributed by atoms with E-state index in [0.29, 0.717) is 11.8 Å². The lowest BCUT2D eigenvalue weighted by atomic mass is 9.68. The Labute approximate surface area is 133 Å². The number of aryl methyl sites for hydroxylation is 1. The van der Waals surface area contributed by atoms with E-state index in [1.165, 1.54) is 67.2 Å². The van der Waals surface area contributed by atoms with Crippen LogP contribution in [0, 0.1) is 11.8 Å². The van der Waals surface area contributed by atoms with Crippen LogP contribution in [0.25, 0.3) is 5.57 Å². The van der Waals surface area contributed by atoms with Crippen molar-refractivity contribution >= 4 is 11.3 Å². The molecule has 0 spiro atoms. The van der Waals surface area contributed by atoms with E-state index in [4.69, 9.17) is 11.5 Å². The van der Waals surface area contributed by atoms with Crippen molar-refractivity contribution in [3.63, 3.8) is 0 Å². The molecule has 1 aromatic carbocycles. The average Bonchev–Trinajstić information content (AvgIpc) is 2.56. The monoisotopic (exact) mass is 294 g/mol. The molecule has 1 fully saturated rings. The average molecular weight is 294 g/mol. The first-order valence-corrected chi connectivity index (χ1v) is 8.84. The van der Waals surface area contributed by atoms with Crippen molar-refractivity contribution in [2.45, 2.75) is 51.4 Å². The highest BCUT2D eigenvalue weighted by atomic mass is 14.6. The minimum atomic E-state index is 0.578. The number of fused-ring (bicyclic) bond motifs is 2. The number of nitrogens with two attached hydrogens (primary N) is 2. The minimum Gasteiger partial charge on any atom is -0.398 e. The topological polar surface area (TPSA) is 52.0 Å². The van der Waals surface area contributed by atoms with Crippen LogP contribution in [-0.4, -0.2) is 0 Å². The lowest BCUT2D eigenvalue weighted by Crippen LogP contribution is -2.26. The van der Waals surface area contributed by atoms with Crippen molar-refractivity contribution in [1.82, 2.24) is 0 Å². The zero-order chi connectivity index (χ0) is 15.1. The summed E-state index contributed by atoms with van der Waals surface area (Å²) in [5, 5.41) is 0. The lowest BCUT2D eigenvalue weighted by molar-refractivity contribution is 0.343. The predicted octanol–water partition coefficient (Wildman–Crippen LogP) is 4.19. The Kier molecular flexibility index (Phi) is 3.48. The number of hydrogen-bond acceptors (Lipinski definition) is 2. The summed E-state index contributed by atoms with van der Waals surface area (Å²) in [7, 11) is 0. The van der Waals surface area contributed by atoms with E-state index in [2.05, 4.69) is 24.3 Å². The molecule has 0 aromatic heterocycles. The molecule has 3 aliphatic carbocycles. The van der Waals surface area contributed by atoms with E-state index >= 15 is 0 Å². The third-order valence-corrected chi connectivity index (χ3v) is 5.86. The van der Waals surface area contributed by atoms with Crippen molar-refractivity contribution in [2.24, 2.45) is 17.6 Å². The van der Waals surface area contributed by atoms with Crippen molar-refractivity contribution in [1.29, 1.82) is 0 Å². The molecule has 0 amide bonds. The van der Waals surface area contributed by atoms with Gasteiger partial charge in [-0.1, -0.05) is 25.0 Å². The van der Waals surface area contributed by atoms with Gasteiger partial charge in [0.2, 0.25) is 0 Å². The van der Waals surface area contributed by atoms with Gasteiger partial charge in [-0.15, -0.1) is 0 Å². The Morgan fingerprint density at radius 1 is 0.909 bits per heavy atom. The Bertz CT molecular complexity index is 654. The van der Waals surface area contributed by atoms with Crippen LogP contribution < -0.4 is 11.5 Å². The zero-order valence-corrected chi connectivity index (χ0v) is 13.3. The van der Waals surface area contributed by atoms with Gasteiger partial charge in [0.1, 0.15) is 0 Å². The quantitative estimate of drug-likeness (QED) is 0.763. The summed E-state index contributed by atoms with van der Waals surface area (Å²) in [5.41, 5.74) is 20.4. The number of allylic oxidation sites excluding steroid dienone is 3. The molecule has 4 N–H and O–H groups in total. The van der Waals surface area contributed by atoms with Gasteiger partial charge in [0.05, 0.1) is 0 Å². The van der Waals surface area contributed by atoms with E-state index in [-0.39, 0.29) is 0 Å². The Balaban J connectivity index is 1.88. The maximum absolute atomic E-state index is 6.46. The third-order valence-electron chi connectivity index (χ3n) is 5.86. The second kappa shape index (κ2) is 5.49. The van der Waals surface area contributed by atoms with Gasteiger partial charge in [-0.25, -0.2) is 0 Å². The molecular weight excluding hydrogens is 268 g/mol. The highest BCUT2D eigenvalue weighted by Crippen LogP contribution is 2.47. The molecular formula is C20H26N2. The van der Waals surface area contributed by atoms with Crippen molar-refractivity contribution in [2.75, 3.05) is 5.73 Å². The number of hydrogen-bond donors (Lipinski definition) is 2. The second-order valence-electron chi connectivity index (χ2n) is 7.16. The summed E-state index contributed by atoms with van der Waals surface area (Å²) >= 11 is 0. The standard InChI is InChI=1S/C20H26N2/c21-17-11-9-13-5-1-3-7-15(13)19(17)20-16-8-4-2-6-14(16)10-12-18(20)22/h9-13,15H,1-8,21-22H2. The molecule has 116 valence electrons. The summed E-state index contributed by atoms with van der Waals surface area (Å²) in [6.07, 6.45) is 14.6. The molecule has 4 rings (SSSR count). The predicted molar refractivity (Wildman–Crippen MR) is 93.2 cm³/mol. The molecule has 2 nitrogen and oxygen atoms in total. The zero-order valence-electron chi connectivity index (χ0n) is 13.3. The van der Waals surface area contributed by atoms with Gasteiger partial charge in [-0.2, -0.15) is 0 Å². The summed E-state index contributed by atoms with van der Waals surface area (Å²) in [4.78, 5) is 0. The van der Waals surface area contributed by atoms with E-state index < -0.39 is 0 Å². The molecule has 0 bridgehead atoms. The molecule has 0 heterocycles. The van der Waals surface area contributed by atoms with E-state index in [0.717, 1.165) is 17.8 Å². The minimum absolute atomic E-state index is 0.578. The highest BCUT2D eigenvalue weighted by Gasteiger charge is 2.33. The summed E-state index contributed by atoms with van der Waals surface area (Å²) in [5.74, 6) is 1.24. The van der Waals surface area contributed by atoms with Crippen LogP contribution in [0.3, 0.4) is 0 Å². The fourth-order valence-electron chi connectivity index (χ4n) is 4.77. The van der Waals surface area contributed by atoms with Gasteiger partial charge < -0.3 is 11.5 Å². The Morgan fingerprint density at radius 3 is 2.64 bits per heavy atom. The molecule has 0 radical (unpaired) electrons. The van der Waals surface area contributed by atoms with Gasteiger partial charge in [-0.3, -0.25) is 0 Å². The van der Waals surface area contributed by atoms with Gasteiger partial charge in [0, 0.05) is 16.9 Å². The van der Waals surface area contributed by atoms with Crippen LogP contribution in [0.15, 0.2) is 30.0 Å². The molecule has 2 unspecified atom stereocenters. The smallest absolute Gasteiger partial charge is 0.0394 e. The van der Waals surface area contributed by atoms with Gasteiger partial charge in [0.25, 0.3) is 0 Å². The number of rotatable bonds is 1. The fraction of sp³-hybridized carbons (Fsp3) is 0.500. The molecule has 0 aliphatic heterocycles. The van der Waals surface area contributed by atoms with Gasteiger partial charge in [-0.05, 0) is 79.2 Å². The highest BCUT2D eigenvalue weighted by molar-refractivity contribution is 5.83. The van der Waals surface area contributed by atoms with E-state index in [9.17, 15) is 0 Å². The van der Waals surface area contributed by atoms with Crippen LogP contribution in [0.1, 0.15) is 55.2 Å². The lowest BCUT2D eigenvalue weighted by Gasteiger charge is -2.37. The van der Waals surface area contributed by atoms with Crippen LogP contribution in [0.4, 0.5) is 5.69 Å². The molecule has 22 heavy (non-hydrogen) atoms. The molecule has 1 aromatic rings. The maximum Gasteiger partial charge on any atom is 0.0394 e. The number of benzene rings is 1. The summed E-state index contributed by atoms with van der Waals surface area (Å²) < 4.78 is 0. The molecule has 3 aliphatic rings. The Morgan fingerprint density at radius 2 is 1.73 bits per heavy atom. The normalized spacial score (nSPS) is 27.5. The third kappa shape index (κ3) is 2.16. The van der Waals surface area contributed by atoms with E-state index in [1.807, 2.05) is 0 Å². The fourth-order valence-corrected chi connectivity index (χ4v) is 4.77. The first kappa shape index (κ1) is 13.9. The SMILES string of the molecule is NC1=C(c2c(N)ccc3c2CCCC3)C2CCCCC2C=C1. The molecule has 0 saturated heterocycles. The van der Waals surface area contributed by atoms with Crippen LogP contribution in [0.2, 0.25) is 0 Å². The van der Waals surface area contributed by atoms with Crippen molar-refractivity contribution < 1.29 is 0 Å². The largest absolute Gasteiger partial charge is 0.398 e. The van der Waals surface area contributed by atoms with Crippen molar-refractivity contribution in [3.8, 4) is 0 Å². The van der Waals surface area contributed by atoms with Crippen LogP contribution in [0.5, 0.6) is 0 Å².